The number of aromatic nitrogens is 5. The van der Waals surface area contributed by atoms with Gasteiger partial charge in [-0.05, 0) is 19.8 Å². The van der Waals surface area contributed by atoms with E-state index in [1.54, 1.807) is 0 Å². The number of nitrogens with one attached hydrogen (secondary N) is 2. The van der Waals surface area contributed by atoms with Crippen molar-refractivity contribution in [3.63, 3.8) is 0 Å². The number of aromatic amines is 1. The molecule has 0 atom stereocenters. The van der Waals surface area contributed by atoms with Crippen molar-refractivity contribution in [2.24, 2.45) is 0 Å². The number of rotatable bonds is 5. The third kappa shape index (κ3) is 3.31. The predicted molar refractivity (Wildman–Crippen MR) is 76.0 cm³/mol. The van der Waals surface area contributed by atoms with Crippen LogP contribution in [0.3, 0.4) is 0 Å². The number of hydrogen-bond donors (Lipinski definition) is 2. The normalized spacial score (nSPS) is 16.4. The van der Waals surface area contributed by atoms with Gasteiger partial charge in [-0.25, -0.2) is 9.97 Å². The van der Waals surface area contributed by atoms with Crippen LogP contribution in [-0.4, -0.2) is 44.3 Å². The molecule has 1 fully saturated rings. The van der Waals surface area contributed by atoms with Gasteiger partial charge in [0.25, 0.3) is 0 Å². The van der Waals surface area contributed by atoms with Crippen LogP contribution in [0, 0.1) is 6.92 Å². The Bertz CT molecular complexity index is 548. The first kappa shape index (κ1) is 13.4. The molecule has 1 aliphatic rings. The number of nitrogens with zero attached hydrogens (tertiary/aromatic N) is 4. The van der Waals surface area contributed by atoms with Crippen molar-refractivity contribution in [2.45, 2.75) is 32.1 Å². The maximum atomic E-state index is 5.36. The second-order valence-electron chi connectivity index (χ2n) is 4.85. The summed E-state index contributed by atoms with van der Waals surface area (Å²) in [5.41, 5.74) is 0. The Morgan fingerprint density at radius 2 is 2.20 bits per heavy atom. The first-order valence-corrected chi connectivity index (χ1v) is 7.61. The Kier molecular flexibility index (Phi) is 4.22. The summed E-state index contributed by atoms with van der Waals surface area (Å²) in [6.45, 7) is 4.29. The van der Waals surface area contributed by atoms with E-state index >= 15 is 0 Å². The number of hydrogen-bond acceptors (Lipinski definition) is 7. The van der Waals surface area contributed by atoms with E-state index in [0.717, 1.165) is 61.6 Å². The van der Waals surface area contributed by atoms with Gasteiger partial charge in [0.2, 0.25) is 5.13 Å². The van der Waals surface area contributed by atoms with Crippen LogP contribution in [0.5, 0.6) is 0 Å². The van der Waals surface area contributed by atoms with Crippen LogP contribution >= 0.6 is 11.5 Å². The molecule has 0 saturated carbocycles. The lowest BCUT2D eigenvalue weighted by Crippen LogP contribution is -2.15. The van der Waals surface area contributed by atoms with E-state index in [1.807, 2.05) is 6.92 Å². The van der Waals surface area contributed by atoms with Gasteiger partial charge < -0.3 is 10.1 Å². The molecule has 2 aromatic rings. The number of anilines is 1. The Labute approximate surface area is 121 Å². The molecule has 0 bridgehead atoms. The van der Waals surface area contributed by atoms with E-state index < -0.39 is 0 Å². The molecule has 1 saturated heterocycles. The van der Waals surface area contributed by atoms with E-state index in [4.69, 9.17) is 4.74 Å². The molecule has 1 aliphatic heterocycles. The smallest absolute Gasteiger partial charge is 0.202 e. The average Bonchev–Trinajstić information content (AvgIpc) is 3.09. The Morgan fingerprint density at radius 3 is 2.95 bits per heavy atom. The Morgan fingerprint density at radius 1 is 1.35 bits per heavy atom. The minimum Gasteiger partial charge on any atom is -0.381 e. The van der Waals surface area contributed by atoms with Crippen molar-refractivity contribution in [1.82, 2.24) is 24.5 Å². The van der Waals surface area contributed by atoms with Crippen LogP contribution in [0.25, 0.3) is 0 Å². The maximum Gasteiger partial charge on any atom is 0.202 e. The molecular weight excluding hydrogens is 276 g/mol. The van der Waals surface area contributed by atoms with Crippen molar-refractivity contribution in [3.8, 4) is 0 Å². The molecule has 0 radical (unpaired) electrons. The molecule has 108 valence electrons. The zero-order valence-corrected chi connectivity index (χ0v) is 12.2. The Balaban J connectivity index is 1.49. The molecule has 20 heavy (non-hydrogen) atoms. The van der Waals surface area contributed by atoms with Crippen molar-refractivity contribution in [2.75, 3.05) is 25.1 Å². The zero-order valence-electron chi connectivity index (χ0n) is 11.4. The van der Waals surface area contributed by atoms with Gasteiger partial charge >= 0.3 is 0 Å². The maximum absolute atomic E-state index is 5.36. The largest absolute Gasteiger partial charge is 0.381 e. The van der Waals surface area contributed by atoms with E-state index in [1.165, 1.54) is 11.5 Å². The molecule has 3 heterocycles. The summed E-state index contributed by atoms with van der Waals surface area (Å²) in [5.74, 6) is 3.08. The first-order chi connectivity index (χ1) is 9.81. The summed E-state index contributed by atoms with van der Waals surface area (Å²) in [6.07, 6.45) is 2.83. The summed E-state index contributed by atoms with van der Waals surface area (Å²) in [4.78, 5) is 8.83. The third-order valence-electron chi connectivity index (χ3n) is 3.30. The van der Waals surface area contributed by atoms with E-state index in [2.05, 4.69) is 29.9 Å². The number of H-pyrrole nitrogens is 1. The van der Waals surface area contributed by atoms with Crippen LogP contribution < -0.4 is 5.32 Å². The fraction of sp³-hybridized carbons (Fsp3) is 0.667. The van der Waals surface area contributed by atoms with Gasteiger partial charge in [-0.1, -0.05) is 0 Å². The highest BCUT2D eigenvalue weighted by Gasteiger charge is 2.19. The van der Waals surface area contributed by atoms with Crippen molar-refractivity contribution in [1.29, 1.82) is 0 Å². The molecule has 0 unspecified atom stereocenters. The molecule has 0 aliphatic carbocycles. The minimum absolute atomic E-state index is 0.438. The summed E-state index contributed by atoms with van der Waals surface area (Å²) in [7, 11) is 0. The Hall–Kier alpha value is -1.54. The highest BCUT2D eigenvalue weighted by atomic mass is 32.1. The first-order valence-electron chi connectivity index (χ1n) is 6.84. The van der Waals surface area contributed by atoms with Crippen molar-refractivity contribution >= 4 is 16.7 Å². The predicted octanol–water partition coefficient (Wildman–Crippen LogP) is 1.51. The molecule has 7 nitrogen and oxygen atoms in total. The number of aryl methyl sites for hydroxylation is 1. The summed E-state index contributed by atoms with van der Waals surface area (Å²) >= 11 is 1.38. The quantitative estimate of drug-likeness (QED) is 0.869. The van der Waals surface area contributed by atoms with E-state index in [9.17, 15) is 0 Å². The zero-order chi connectivity index (χ0) is 13.8. The van der Waals surface area contributed by atoms with Crippen LogP contribution in [0.15, 0.2) is 0 Å². The molecule has 0 aromatic carbocycles. The summed E-state index contributed by atoms with van der Waals surface area (Å²) in [6, 6.07) is 0. The minimum atomic E-state index is 0.438. The molecule has 2 aromatic heterocycles. The van der Waals surface area contributed by atoms with Crippen LogP contribution in [0.2, 0.25) is 0 Å². The van der Waals surface area contributed by atoms with Crippen LogP contribution in [-0.2, 0) is 11.2 Å². The second kappa shape index (κ2) is 6.27. The van der Waals surface area contributed by atoms with Gasteiger partial charge in [-0.2, -0.15) is 9.47 Å². The molecule has 3 rings (SSSR count). The van der Waals surface area contributed by atoms with Crippen molar-refractivity contribution in [3.05, 3.63) is 17.5 Å². The fourth-order valence-corrected chi connectivity index (χ4v) is 2.82. The lowest BCUT2D eigenvalue weighted by atomic mass is 10.00. The lowest BCUT2D eigenvalue weighted by Gasteiger charge is -2.18. The molecule has 0 spiro atoms. The van der Waals surface area contributed by atoms with Gasteiger partial charge in [0, 0.05) is 43.6 Å². The third-order valence-corrected chi connectivity index (χ3v) is 4.07. The average molecular weight is 294 g/mol. The van der Waals surface area contributed by atoms with E-state index in [-0.39, 0.29) is 0 Å². The van der Waals surface area contributed by atoms with Crippen molar-refractivity contribution < 1.29 is 4.74 Å². The summed E-state index contributed by atoms with van der Waals surface area (Å²) < 4.78 is 9.48. The second-order valence-corrected chi connectivity index (χ2v) is 5.60. The van der Waals surface area contributed by atoms with Gasteiger partial charge in [0.05, 0.1) is 0 Å². The molecular formula is C12H18N6OS. The lowest BCUT2D eigenvalue weighted by molar-refractivity contribution is 0.0836. The van der Waals surface area contributed by atoms with Gasteiger partial charge in [0.1, 0.15) is 11.6 Å². The number of ether oxygens (including phenoxy) is 1. The van der Waals surface area contributed by atoms with Crippen LogP contribution in [0.4, 0.5) is 5.13 Å². The van der Waals surface area contributed by atoms with Gasteiger partial charge in [-0.15, -0.1) is 0 Å². The monoisotopic (exact) mass is 294 g/mol. The standard InChI is InChI=1S/C12H18N6OS/c1-8-14-12(20-18-8)13-5-2-10-15-11(17-16-10)9-3-6-19-7-4-9/h9H,2-7H2,1H3,(H,13,14,18)(H,15,16,17). The van der Waals surface area contributed by atoms with E-state index in [0.29, 0.717) is 5.92 Å². The molecule has 0 amide bonds. The highest BCUT2D eigenvalue weighted by Crippen LogP contribution is 2.23. The molecule has 8 heteroatoms. The highest BCUT2D eigenvalue weighted by molar-refractivity contribution is 7.09. The summed E-state index contributed by atoms with van der Waals surface area (Å²) in [5, 5.41) is 11.4. The van der Waals surface area contributed by atoms with Crippen LogP contribution in [0.1, 0.15) is 36.2 Å². The van der Waals surface area contributed by atoms with Gasteiger partial charge in [-0.3, -0.25) is 5.10 Å². The topological polar surface area (TPSA) is 88.6 Å². The van der Waals surface area contributed by atoms with Gasteiger partial charge in [0.15, 0.2) is 5.82 Å². The SMILES string of the molecule is Cc1nsc(NCCc2nc(C3CCOCC3)n[nH]2)n1. The molecule has 2 N–H and O–H groups in total. The fourth-order valence-electron chi connectivity index (χ4n) is 2.22.